The van der Waals surface area contributed by atoms with E-state index in [0.29, 0.717) is 32.1 Å². The molecule has 12 heteroatoms. The van der Waals surface area contributed by atoms with Crippen LogP contribution in [0.2, 0.25) is 0 Å². The molecule has 18 atom stereocenters. The van der Waals surface area contributed by atoms with Crippen molar-refractivity contribution in [3.05, 3.63) is 24.3 Å². The van der Waals surface area contributed by atoms with E-state index in [-0.39, 0.29) is 117 Å². The van der Waals surface area contributed by atoms with E-state index in [1.54, 1.807) is 14.2 Å². The minimum Gasteiger partial charge on any atom is -0.394 e. The first-order valence-electron chi connectivity index (χ1n) is 20.4. The van der Waals surface area contributed by atoms with Crippen molar-refractivity contribution in [2.45, 2.75) is 194 Å². The molecule has 0 amide bonds. The minimum absolute atomic E-state index is 0.0235. The Hall–Kier alpha value is -1.29. The van der Waals surface area contributed by atoms with Crippen molar-refractivity contribution in [2.75, 3.05) is 20.8 Å². The first-order valence-corrected chi connectivity index (χ1v) is 20.4. The summed E-state index contributed by atoms with van der Waals surface area (Å²) in [5.74, 6) is -0.743. The number of ether oxygens (including phenoxy) is 9. The summed E-state index contributed by atoms with van der Waals surface area (Å²) in [5, 5.41) is 20.1. The lowest BCUT2D eigenvalue weighted by molar-refractivity contribution is -0.277. The average molecular weight is 747 g/mol. The topological polar surface area (TPSA) is 141 Å². The van der Waals surface area contributed by atoms with E-state index in [2.05, 4.69) is 20.1 Å². The van der Waals surface area contributed by atoms with E-state index in [0.717, 1.165) is 49.7 Å². The van der Waals surface area contributed by atoms with E-state index in [4.69, 9.17) is 42.6 Å². The van der Waals surface area contributed by atoms with Crippen LogP contribution in [0.3, 0.4) is 0 Å². The molecule has 298 valence electrons. The third kappa shape index (κ3) is 7.86. The highest BCUT2D eigenvalue weighted by Crippen LogP contribution is 2.50. The largest absolute Gasteiger partial charge is 0.394 e. The van der Waals surface area contributed by atoms with Crippen LogP contribution < -0.4 is 0 Å². The molecule has 0 radical (unpaired) electrons. The molecule has 12 nitrogen and oxygen atoms in total. The molecule has 53 heavy (non-hydrogen) atoms. The van der Waals surface area contributed by atoms with Gasteiger partial charge in [-0.15, -0.1) is 0 Å². The summed E-state index contributed by atoms with van der Waals surface area (Å²) in [7, 11) is 3.37. The number of aliphatic hydroxyl groups excluding tert-OH is 2. The summed E-state index contributed by atoms with van der Waals surface area (Å²) < 4.78 is 59.3. The van der Waals surface area contributed by atoms with Crippen LogP contribution in [0.4, 0.5) is 0 Å². The SMILES string of the molecule is C=C1C[C@@H]2CC[C@]34C[C@H](OC)[C@@H](O3)[C@H]3C[C@@H](O4)[C@H]4O[C@H](CC[C@@H]4O3)CC(=O)C[C@H]3C(C[C@H]4O[C@@H](CC[C@@H]1O2)C[C@@H](C)C4=C)O[C@H](C[C@H](O)CO)[C@@H]3OC. The number of aliphatic hydroxyl groups is 2. The van der Waals surface area contributed by atoms with Crippen molar-refractivity contribution < 1.29 is 57.6 Å². The molecule has 8 rings (SSSR count). The van der Waals surface area contributed by atoms with E-state index >= 15 is 0 Å². The van der Waals surface area contributed by atoms with Crippen LogP contribution in [-0.4, -0.2) is 134 Å². The van der Waals surface area contributed by atoms with Crippen LogP contribution in [0.25, 0.3) is 0 Å². The fourth-order valence-electron chi connectivity index (χ4n) is 11.0. The lowest BCUT2D eigenvalue weighted by atomic mass is 9.81. The summed E-state index contributed by atoms with van der Waals surface area (Å²) in [5.41, 5.74) is 2.16. The first kappa shape index (κ1) is 38.6. The van der Waals surface area contributed by atoms with Crippen molar-refractivity contribution in [2.24, 2.45) is 11.8 Å². The fourth-order valence-corrected chi connectivity index (χ4v) is 11.0. The molecule has 0 aliphatic carbocycles. The summed E-state index contributed by atoms with van der Waals surface area (Å²) in [6.07, 6.45) is 4.96. The van der Waals surface area contributed by atoms with Crippen molar-refractivity contribution in [1.82, 2.24) is 0 Å². The molecule has 1 spiro atoms. The maximum atomic E-state index is 14.0. The number of hydrogen-bond acceptors (Lipinski definition) is 12. The third-order valence-electron chi connectivity index (χ3n) is 13.8. The Labute approximate surface area is 314 Å². The van der Waals surface area contributed by atoms with Gasteiger partial charge in [0.2, 0.25) is 0 Å². The summed E-state index contributed by atoms with van der Waals surface area (Å²) in [6.45, 7) is 10.7. The summed E-state index contributed by atoms with van der Waals surface area (Å²) in [6, 6.07) is 0. The van der Waals surface area contributed by atoms with Crippen LogP contribution in [0.1, 0.15) is 96.8 Å². The van der Waals surface area contributed by atoms with Gasteiger partial charge in [-0.05, 0) is 62.0 Å². The molecule has 8 aliphatic rings. The first-order chi connectivity index (χ1) is 25.5. The van der Waals surface area contributed by atoms with Crippen molar-refractivity contribution >= 4 is 5.78 Å². The lowest BCUT2D eigenvalue weighted by Gasteiger charge is -2.47. The molecular formula is C41H62O12. The monoisotopic (exact) mass is 746 g/mol. The Morgan fingerprint density at radius 2 is 1.58 bits per heavy atom. The zero-order valence-corrected chi connectivity index (χ0v) is 31.8. The number of hydrogen-bond donors (Lipinski definition) is 2. The van der Waals surface area contributed by atoms with Crippen LogP contribution >= 0.6 is 0 Å². The van der Waals surface area contributed by atoms with Crippen LogP contribution in [0, 0.1) is 11.8 Å². The van der Waals surface area contributed by atoms with Crippen molar-refractivity contribution in [3.63, 3.8) is 0 Å². The highest BCUT2D eigenvalue weighted by atomic mass is 16.7. The van der Waals surface area contributed by atoms with Gasteiger partial charge < -0.3 is 52.8 Å². The Morgan fingerprint density at radius 1 is 0.792 bits per heavy atom. The smallest absolute Gasteiger partial charge is 0.172 e. The van der Waals surface area contributed by atoms with Gasteiger partial charge in [0.25, 0.3) is 0 Å². The second-order valence-corrected chi connectivity index (χ2v) is 17.4. The Balaban J connectivity index is 1.06. The van der Waals surface area contributed by atoms with Gasteiger partial charge in [-0.1, -0.05) is 20.1 Å². The Bertz CT molecular complexity index is 1340. The van der Waals surface area contributed by atoms with Crippen molar-refractivity contribution in [1.29, 1.82) is 0 Å². The molecule has 0 saturated carbocycles. The molecule has 0 aromatic carbocycles. The summed E-state index contributed by atoms with van der Waals surface area (Å²) in [4.78, 5) is 14.0. The molecule has 8 fully saturated rings. The average Bonchev–Trinajstić information content (AvgIpc) is 3.77. The van der Waals surface area contributed by atoms with Gasteiger partial charge in [-0.3, -0.25) is 4.79 Å². The number of ketones is 1. The maximum absolute atomic E-state index is 14.0. The maximum Gasteiger partial charge on any atom is 0.172 e. The van der Waals surface area contributed by atoms with Gasteiger partial charge in [0.1, 0.15) is 18.0 Å². The summed E-state index contributed by atoms with van der Waals surface area (Å²) >= 11 is 0. The zero-order chi connectivity index (χ0) is 37.0. The minimum atomic E-state index is -0.950. The van der Waals surface area contributed by atoms with Gasteiger partial charge in [-0.25, -0.2) is 0 Å². The van der Waals surface area contributed by atoms with Crippen LogP contribution in [0.15, 0.2) is 24.3 Å². The second kappa shape index (κ2) is 15.9. The Morgan fingerprint density at radius 3 is 2.38 bits per heavy atom. The van der Waals surface area contributed by atoms with Gasteiger partial charge in [-0.2, -0.15) is 0 Å². The van der Waals surface area contributed by atoms with Gasteiger partial charge in [0, 0.05) is 65.1 Å². The molecule has 8 heterocycles. The number of methoxy groups -OCH3 is 2. The molecule has 0 aromatic rings. The predicted molar refractivity (Wildman–Crippen MR) is 191 cm³/mol. The number of carbonyl (C=O) groups excluding carboxylic acids is 1. The number of Topliss-reactive ketones (excluding diaryl/α,β-unsaturated/α-hetero) is 1. The molecular weight excluding hydrogens is 684 g/mol. The number of carbonyl (C=O) groups is 1. The van der Waals surface area contributed by atoms with E-state index in [1.165, 1.54) is 0 Å². The van der Waals surface area contributed by atoms with Crippen molar-refractivity contribution in [3.8, 4) is 0 Å². The molecule has 10 bridgehead atoms. The molecule has 0 aromatic heterocycles. The van der Waals surface area contributed by atoms with Gasteiger partial charge in [0.05, 0.1) is 86.0 Å². The van der Waals surface area contributed by atoms with Gasteiger partial charge >= 0.3 is 0 Å². The lowest BCUT2D eigenvalue weighted by Crippen LogP contribution is -2.58. The van der Waals surface area contributed by atoms with Gasteiger partial charge in [0.15, 0.2) is 5.79 Å². The van der Waals surface area contributed by atoms with E-state index in [1.807, 2.05) is 0 Å². The fraction of sp³-hybridized carbons (Fsp3) is 0.878. The Kier molecular flexibility index (Phi) is 11.6. The molecule has 2 N–H and O–H groups in total. The third-order valence-corrected chi connectivity index (χ3v) is 13.8. The normalized spacial score (nSPS) is 49.6. The predicted octanol–water partition coefficient (Wildman–Crippen LogP) is 4.11. The molecule has 8 saturated heterocycles. The second-order valence-electron chi connectivity index (χ2n) is 17.4. The molecule has 8 aliphatic heterocycles. The standard InChI is InChI=1S/C41H62O12/c1-21-12-26-6-8-30-22(2)13-28(47-30)10-11-41-19-37(45-4)40(53-41)35-18-36(52-41)39-31(50-35)9-7-27(49-39)14-24(43)15-29-33(17-32(48-26)23(21)3)51-34(38(29)46-5)16-25(44)20-42/h21,25-40,42,44H,2-3,6-20H2,1,4-5H3/t21-,25+,26+,27-,28+,29+,30+,31+,32-,33?,34-,35-,36-,37+,38-,39+,40+,41-/m1/s1. The number of fused-ring (bicyclic) bond motifs is 9. The highest BCUT2D eigenvalue weighted by Gasteiger charge is 2.60. The molecule has 1 unspecified atom stereocenters. The van der Waals surface area contributed by atoms with Crippen LogP contribution in [-0.2, 0) is 47.4 Å². The zero-order valence-electron chi connectivity index (χ0n) is 31.8. The quantitative estimate of drug-likeness (QED) is 0.392. The van der Waals surface area contributed by atoms with Crippen LogP contribution in [0.5, 0.6) is 0 Å². The van der Waals surface area contributed by atoms with E-state index in [9.17, 15) is 15.0 Å². The van der Waals surface area contributed by atoms with E-state index < -0.39 is 24.1 Å². The number of rotatable bonds is 5. The highest BCUT2D eigenvalue weighted by molar-refractivity contribution is 5.79.